The minimum absolute atomic E-state index is 0.0517. The van der Waals surface area contributed by atoms with E-state index < -0.39 is 0 Å². The van der Waals surface area contributed by atoms with E-state index in [4.69, 9.17) is 0 Å². The first kappa shape index (κ1) is 14.8. The highest BCUT2D eigenvalue weighted by molar-refractivity contribution is 5.94. The van der Waals surface area contributed by atoms with Crippen LogP contribution in [0.4, 0.5) is 4.39 Å². The van der Waals surface area contributed by atoms with Gasteiger partial charge in [-0.1, -0.05) is 19.1 Å². The fourth-order valence-electron chi connectivity index (χ4n) is 3.49. The molecule has 1 saturated heterocycles. The fourth-order valence-corrected chi connectivity index (χ4v) is 3.49. The standard InChI is InChI=1S/C18H17FN4O/c1-12-7-8-23(17(12)13-3-2-4-15(19)9-13)18(24)14-5-6-16-21-20-11-22(16)10-14/h2-6,9-12,17H,7-8H2,1H3/t12-,17-/m1/s1. The minimum Gasteiger partial charge on any atom is -0.331 e. The SMILES string of the molecule is C[C@@H]1CCN(C(=O)c2ccc3nncn3c2)[C@H]1c1cccc(F)c1. The minimum atomic E-state index is -0.273. The Labute approximate surface area is 138 Å². The Bertz CT molecular complexity index is 907. The van der Waals surface area contributed by atoms with Crippen molar-refractivity contribution in [2.45, 2.75) is 19.4 Å². The molecule has 1 aromatic carbocycles. The summed E-state index contributed by atoms with van der Waals surface area (Å²) in [5.41, 5.74) is 2.12. The van der Waals surface area contributed by atoms with Crippen LogP contribution >= 0.6 is 0 Å². The van der Waals surface area contributed by atoms with E-state index in [2.05, 4.69) is 17.1 Å². The second-order valence-electron chi connectivity index (χ2n) is 6.28. The van der Waals surface area contributed by atoms with Gasteiger partial charge in [0.05, 0.1) is 11.6 Å². The number of likely N-dealkylation sites (tertiary alicyclic amines) is 1. The molecule has 3 aromatic rings. The first-order valence-electron chi connectivity index (χ1n) is 7.99. The molecule has 1 fully saturated rings. The molecule has 0 unspecified atom stereocenters. The summed E-state index contributed by atoms with van der Waals surface area (Å²) in [6, 6.07) is 9.96. The Kier molecular flexibility index (Phi) is 3.52. The Morgan fingerprint density at radius 1 is 1.29 bits per heavy atom. The highest BCUT2D eigenvalue weighted by Crippen LogP contribution is 2.38. The summed E-state index contributed by atoms with van der Waals surface area (Å²) < 4.78 is 15.3. The van der Waals surface area contributed by atoms with Crippen molar-refractivity contribution in [3.05, 3.63) is 65.9 Å². The Morgan fingerprint density at radius 3 is 3.00 bits per heavy atom. The third-order valence-corrected chi connectivity index (χ3v) is 4.69. The lowest BCUT2D eigenvalue weighted by atomic mass is 9.95. The van der Waals surface area contributed by atoms with Crippen LogP contribution in [-0.2, 0) is 0 Å². The third-order valence-electron chi connectivity index (χ3n) is 4.69. The number of hydrogen-bond donors (Lipinski definition) is 0. The zero-order chi connectivity index (χ0) is 16.7. The zero-order valence-electron chi connectivity index (χ0n) is 13.3. The number of fused-ring (bicyclic) bond motifs is 1. The third kappa shape index (κ3) is 2.44. The number of carbonyl (C=O) groups is 1. The number of hydrogen-bond acceptors (Lipinski definition) is 3. The van der Waals surface area contributed by atoms with E-state index in [0.717, 1.165) is 12.0 Å². The fraction of sp³-hybridized carbons (Fsp3) is 0.278. The number of pyridine rings is 1. The topological polar surface area (TPSA) is 50.5 Å². The lowest BCUT2D eigenvalue weighted by Gasteiger charge is -2.27. The Balaban J connectivity index is 1.69. The van der Waals surface area contributed by atoms with Gasteiger partial charge in [0.2, 0.25) is 0 Å². The zero-order valence-corrected chi connectivity index (χ0v) is 13.3. The number of nitrogens with zero attached hydrogens (tertiary/aromatic N) is 4. The van der Waals surface area contributed by atoms with Crippen LogP contribution in [0.5, 0.6) is 0 Å². The van der Waals surface area contributed by atoms with Gasteiger partial charge in [0.1, 0.15) is 12.1 Å². The van der Waals surface area contributed by atoms with Gasteiger partial charge in [-0.2, -0.15) is 0 Å². The molecule has 0 spiro atoms. The first-order valence-corrected chi connectivity index (χ1v) is 7.99. The molecule has 0 aliphatic carbocycles. The molecule has 0 radical (unpaired) electrons. The molecular weight excluding hydrogens is 307 g/mol. The summed E-state index contributed by atoms with van der Waals surface area (Å²) in [6.07, 6.45) is 4.22. The normalized spacial score (nSPS) is 20.7. The van der Waals surface area contributed by atoms with Crippen molar-refractivity contribution in [2.75, 3.05) is 6.54 Å². The summed E-state index contributed by atoms with van der Waals surface area (Å²) in [6.45, 7) is 2.77. The van der Waals surface area contributed by atoms with Crippen molar-refractivity contribution in [1.29, 1.82) is 0 Å². The number of amides is 1. The van der Waals surface area contributed by atoms with Gasteiger partial charge in [0.15, 0.2) is 5.65 Å². The van der Waals surface area contributed by atoms with Crippen LogP contribution in [0.1, 0.15) is 35.3 Å². The van der Waals surface area contributed by atoms with E-state index in [-0.39, 0.29) is 23.7 Å². The second kappa shape index (κ2) is 5.70. The van der Waals surface area contributed by atoms with E-state index in [1.54, 1.807) is 35.1 Å². The van der Waals surface area contributed by atoms with Crippen molar-refractivity contribution >= 4 is 11.6 Å². The molecule has 2 aromatic heterocycles. The summed E-state index contributed by atoms with van der Waals surface area (Å²) in [7, 11) is 0. The molecule has 3 heterocycles. The van der Waals surface area contributed by atoms with Crippen LogP contribution in [0, 0.1) is 11.7 Å². The van der Waals surface area contributed by atoms with Crippen LogP contribution in [0.25, 0.3) is 5.65 Å². The molecule has 5 nitrogen and oxygen atoms in total. The lowest BCUT2D eigenvalue weighted by molar-refractivity contribution is 0.0720. The van der Waals surface area contributed by atoms with Gasteiger partial charge in [0.25, 0.3) is 5.91 Å². The van der Waals surface area contributed by atoms with E-state index >= 15 is 0 Å². The first-order chi connectivity index (χ1) is 11.6. The molecular formula is C18H17FN4O. The molecule has 1 amide bonds. The highest BCUT2D eigenvalue weighted by atomic mass is 19.1. The summed E-state index contributed by atoms with van der Waals surface area (Å²) in [5.74, 6) is -0.0384. The van der Waals surface area contributed by atoms with Gasteiger partial charge in [-0.15, -0.1) is 10.2 Å². The van der Waals surface area contributed by atoms with Gasteiger partial charge in [-0.25, -0.2) is 4.39 Å². The number of rotatable bonds is 2. The highest BCUT2D eigenvalue weighted by Gasteiger charge is 2.36. The summed E-state index contributed by atoms with van der Waals surface area (Å²) in [5, 5.41) is 7.78. The summed E-state index contributed by atoms with van der Waals surface area (Å²) >= 11 is 0. The van der Waals surface area contributed by atoms with E-state index in [0.29, 0.717) is 17.8 Å². The molecule has 122 valence electrons. The van der Waals surface area contributed by atoms with Crippen LogP contribution in [0.15, 0.2) is 48.9 Å². The predicted octanol–water partition coefficient (Wildman–Crippen LogP) is 3.09. The van der Waals surface area contributed by atoms with Gasteiger partial charge in [-0.05, 0) is 42.2 Å². The van der Waals surface area contributed by atoms with Gasteiger partial charge >= 0.3 is 0 Å². The predicted molar refractivity (Wildman–Crippen MR) is 86.9 cm³/mol. The lowest BCUT2D eigenvalue weighted by Crippen LogP contribution is -2.32. The van der Waals surface area contributed by atoms with Crippen LogP contribution < -0.4 is 0 Å². The maximum atomic E-state index is 13.6. The molecule has 0 saturated carbocycles. The summed E-state index contributed by atoms with van der Waals surface area (Å²) in [4.78, 5) is 14.8. The largest absolute Gasteiger partial charge is 0.331 e. The quantitative estimate of drug-likeness (QED) is 0.728. The van der Waals surface area contributed by atoms with Crippen LogP contribution in [-0.4, -0.2) is 31.9 Å². The molecule has 2 atom stereocenters. The van der Waals surface area contributed by atoms with Gasteiger partial charge < -0.3 is 4.90 Å². The second-order valence-corrected chi connectivity index (χ2v) is 6.28. The number of aromatic nitrogens is 3. The Hall–Kier alpha value is -2.76. The van der Waals surface area contributed by atoms with Crippen molar-refractivity contribution in [3.63, 3.8) is 0 Å². The molecule has 0 N–H and O–H groups in total. The van der Waals surface area contributed by atoms with E-state index in [1.165, 1.54) is 12.1 Å². The molecule has 6 heteroatoms. The smallest absolute Gasteiger partial charge is 0.255 e. The molecule has 1 aliphatic heterocycles. The average Bonchev–Trinajstić information content (AvgIpc) is 3.19. The van der Waals surface area contributed by atoms with Crippen LogP contribution in [0.3, 0.4) is 0 Å². The molecule has 4 rings (SSSR count). The molecule has 1 aliphatic rings. The molecule has 0 bridgehead atoms. The van der Waals surface area contributed by atoms with Crippen molar-refractivity contribution in [3.8, 4) is 0 Å². The van der Waals surface area contributed by atoms with Crippen molar-refractivity contribution < 1.29 is 9.18 Å². The van der Waals surface area contributed by atoms with Crippen molar-refractivity contribution in [1.82, 2.24) is 19.5 Å². The maximum absolute atomic E-state index is 13.6. The monoisotopic (exact) mass is 324 g/mol. The van der Waals surface area contributed by atoms with Crippen LogP contribution in [0.2, 0.25) is 0 Å². The number of carbonyl (C=O) groups excluding carboxylic acids is 1. The van der Waals surface area contributed by atoms with E-state index in [1.807, 2.05) is 11.0 Å². The number of benzene rings is 1. The number of halogens is 1. The Morgan fingerprint density at radius 2 is 2.17 bits per heavy atom. The van der Waals surface area contributed by atoms with Gasteiger partial charge in [0, 0.05) is 12.7 Å². The van der Waals surface area contributed by atoms with E-state index in [9.17, 15) is 9.18 Å². The van der Waals surface area contributed by atoms with Gasteiger partial charge in [-0.3, -0.25) is 9.20 Å². The average molecular weight is 324 g/mol. The van der Waals surface area contributed by atoms with Crippen molar-refractivity contribution in [2.24, 2.45) is 5.92 Å². The molecule has 24 heavy (non-hydrogen) atoms. The maximum Gasteiger partial charge on any atom is 0.255 e.